The lowest BCUT2D eigenvalue weighted by atomic mass is 9.93. The molecule has 252 valence electrons. The number of sulfone groups is 1. The third-order valence-corrected chi connectivity index (χ3v) is 12.6. The van der Waals surface area contributed by atoms with Gasteiger partial charge in [-0.15, -0.1) is 0 Å². The molecule has 8 rings (SSSR count). The molecule has 5 aliphatic rings. The SMILES string of the molecule is CN1c2nc(OC[C@@]34CCCN3C[C@H](F)C4)nc3c(F)c(-c4cc(N)cc(Cl)c4C(F)(F)F)nc(c23)OC2(CC13CC3)CS(=O)(=O)C2. The van der Waals surface area contributed by atoms with E-state index in [0.29, 0.717) is 25.8 Å². The van der Waals surface area contributed by atoms with E-state index in [1.807, 2.05) is 9.80 Å². The Morgan fingerprint density at radius 2 is 1.91 bits per heavy atom. The number of alkyl halides is 4. The zero-order valence-electron chi connectivity index (χ0n) is 25.1. The highest BCUT2D eigenvalue weighted by Crippen LogP contribution is 2.55. The maximum atomic E-state index is 16.8. The van der Waals surface area contributed by atoms with Crippen molar-refractivity contribution in [3.63, 3.8) is 0 Å². The summed E-state index contributed by atoms with van der Waals surface area (Å²) in [5.41, 5.74) is -0.0198. The predicted octanol–water partition coefficient (Wildman–Crippen LogP) is 4.96. The first kappa shape index (κ1) is 31.1. The number of benzene rings is 1. The van der Waals surface area contributed by atoms with Crippen LogP contribution in [0.5, 0.6) is 11.9 Å². The number of nitrogen functional groups attached to an aromatic ring is 1. The van der Waals surface area contributed by atoms with Gasteiger partial charge in [-0.3, -0.25) is 4.90 Å². The molecule has 4 fully saturated rings. The topological polar surface area (TPSA) is 124 Å². The van der Waals surface area contributed by atoms with Crippen LogP contribution in [-0.4, -0.2) is 89.4 Å². The summed E-state index contributed by atoms with van der Waals surface area (Å²) in [4.78, 5) is 17.1. The van der Waals surface area contributed by atoms with Crippen LogP contribution in [0.4, 0.5) is 33.5 Å². The molecule has 10 nitrogen and oxygen atoms in total. The zero-order chi connectivity index (χ0) is 33.3. The molecule has 1 saturated carbocycles. The Labute approximate surface area is 271 Å². The van der Waals surface area contributed by atoms with Gasteiger partial charge in [0.05, 0.1) is 27.6 Å². The Morgan fingerprint density at radius 3 is 2.60 bits per heavy atom. The number of ether oxygens (including phenoxy) is 2. The maximum absolute atomic E-state index is 16.8. The lowest BCUT2D eigenvalue weighted by Crippen LogP contribution is -2.62. The standard InChI is InChI=1S/C30H30ClF5N6O4S/c1-41-24-19-23(39-26(40-24)45-12-28-3-2-6-42(28)10-15(32)9-28)21(33)22(17-7-16(37)8-18(31)20(17)30(34,35)36)38-25(19)46-29(11-27(41)4-5-27)13-47(43,44)14-29/h7-8,15H,2-6,9-14,37H2,1H3/t15-,28+/m1/s1. The second-order valence-corrected chi connectivity index (χ2v) is 16.2. The van der Waals surface area contributed by atoms with E-state index in [2.05, 4.69) is 15.0 Å². The summed E-state index contributed by atoms with van der Waals surface area (Å²) in [5, 5.41) is -0.797. The van der Waals surface area contributed by atoms with E-state index in [-0.39, 0.29) is 66.3 Å². The van der Waals surface area contributed by atoms with Crippen molar-refractivity contribution in [3.05, 3.63) is 28.5 Å². The van der Waals surface area contributed by atoms with Crippen LogP contribution in [0, 0.1) is 5.82 Å². The van der Waals surface area contributed by atoms with Gasteiger partial charge in [0.1, 0.15) is 40.8 Å². The highest BCUT2D eigenvalue weighted by molar-refractivity contribution is 7.93. The van der Waals surface area contributed by atoms with Crippen molar-refractivity contribution in [2.75, 3.05) is 48.9 Å². The highest BCUT2D eigenvalue weighted by Gasteiger charge is 2.61. The van der Waals surface area contributed by atoms with E-state index in [4.69, 9.17) is 26.8 Å². The molecule has 0 amide bonds. The summed E-state index contributed by atoms with van der Waals surface area (Å²) in [6, 6.07) is 1.57. The average Bonchev–Trinajstić information content (AvgIpc) is 3.52. The van der Waals surface area contributed by atoms with Crippen LogP contribution >= 0.6 is 11.6 Å². The zero-order valence-corrected chi connectivity index (χ0v) is 26.7. The Kier molecular flexibility index (Phi) is 6.55. The third kappa shape index (κ3) is 4.87. The fourth-order valence-corrected chi connectivity index (χ4v) is 10.3. The average molecular weight is 701 g/mol. The van der Waals surface area contributed by atoms with Gasteiger partial charge >= 0.3 is 12.2 Å². The van der Waals surface area contributed by atoms with Crippen LogP contribution < -0.4 is 20.1 Å². The molecule has 3 aromatic rings. The van der Waals surface area contributed by atoms with E-state index >= 15 is 4.39 Å². The third-order valence-electron chi connectivity index (χ3n) is 10.4. The molecular weight excluding hydrogens is 671 g/mol. The number of rotatable bonds is 4. The fraction of sp³-hybridized carbons (Fsp3) is 0.567. The molecule has 1 aromatic carbocycles. The van der Waals surface area contributed by atoms with Crippen molar-refractivity contribution in [2.24, 2.45) is 0 Å². The van der Waals surface area contributed by atoms with Crippen molar-refractivity contribution in [1.29, 1.82) is 0 Å². The van der Waals surface area contributed by atoms with Gasteiger partial charge in [-0.25, -0.2) is 22.2 Å². The molecule has 2 spiro atoms. The van der Waals surface area contributed by atoms with Crippen molar-refractivity contribution < 1.29 is 39.8 Å². The summed E-state index contributed by atoms with van der Waals surface area (Å²) in [6.07, 6.45) is -2.62. The van der Waals surface area contributed by atoms with Gasteiger partial charge in [-0.1, -0.05) is 11.6 Å². The second-order valence-electron chi connectivity index (χ2n) is 13.7. The lowest BCUT2D eigenvalue weighted by Gasteiger charge is -2.46. The van der Waals surface area contributed by atoms with Crippen LogP contribution in [0.1, 0.15) is 44.1 Å². The number of anilines is 2. The van der Waals surface area contributed by atoms with Crippen molar-refractivity contribution in [2.45, 2.75) is 67.6 Å². The van der Waals surface area contributed by atoms with Gasteiger partial charge < -0.3 is 20.1 Å². The van der Waals surface area contributed by atoms with E-state index in [1.165, 1.54) is 0 Å². The smallest absolute Gasteiger partial charge is 0.418 e. The van der Waals surface area contributed by atoms with Crippen LogP contribution in [0.3, 0.4) is 0 Å². The van der Waals surface area contributed by atoms with E-state index in [9.17, 15) is 26.0 Å². The Morgan fingerprint density at radius 1 is 1.17 bits per heavy atom. The molecule has 0 bridgehead atoms. The second kappa shape index (κ2) is 9.91. The van der Waals surface area contributed by atoms with E-state index in [1.54, 1.807) is 7.05 Å². The van der Waals surface area contributed by atoms with Gasteiger partial charge in [-0.2, -0.15) is 23.1 Å². The minimum absolute atomic E-state index is 0.0279. The van der Waals surface area contributed by atoms with E-state index in [0.717, 1.165) is 18.6 Å². The van der Waals surface area contributed by atoms with Gasteiger partial charge in [-0.05, 0) is 44.4 Å². The van der Waals surface area contributed by atoms with Crippen molar-refractivity contribution in [1.82, 2.24) is 19.9 Å². The summed E-state index contributed by atoms with van der Waals surface area (Å²) in [6.45, 7) is 1.02. The number of hydrogen-bond donors (Lipinski definition) is 1. The van der Waals surface area contributed by atoms with Gasteiger partial charge in [0.15, 0.2) is 15.7 Å². The van der Waals surface area contributed by atoms with Gasteiger partial charge in [0.2, 0.25) is 5.88 Å². The molecule has 2 atom stereocenters. The molecular formula is C30H30ClF5N6O4S. The Bertz CT molecular complexity index is 1950. The highest BCUT2D eigenvalue weighted by atomic mass is 35.5. The largest absolute Gasteiger partial charge is 0.468 e. The van der Waals surface area contributed by atoms with Crippen LogP contribution in [0.15, 0.2) is 12.1 Å². The van der Waals surface area contributed by atoms with Crippen molar-refractivity contribution >= 4 is 43.8 Å². The van der Waals surface area contributed by atoms with Crippen LogP contribution in [-0.2, 0) is 16.0 Å². The number of pyridine rings is 1. The minimum atomic E-state index is -5.02. The van der Waals surface area contributed by atoms with Crippen molar-refractivity contribution in [3.8, 4) is 23.1 Å². The number of nitrogens with two attached hydrogens (primary N) is 1. The minimum Gasteiger partial charge on any atom is -0.468 e. The Balaban J connectivity index is 1.35. The predicted molar refractivity (Wildman–Crippen MR) is 163 cm³/mol. The molecule has 2 aromatic heterocycles. The number of hydrogen-bond acceptors (Lipinski definition) is 10. The van der Waals surface area contributed by atoms with E-state index < -0.39 is 72.0 Å². The normalized spacial score (nSPS) is 27.0. The quantitative estimate of drug-likeness (QED) is 0.295. The monoisotopic (exact) mass is 700 g/mol. The number of halogens is 6. The maximum Gasteiger partial charge on any atom is 0.418 e. The number of aromatic nitrogens is 3. The number of nitrogens with zero attached hydrogens (tertiary/aromatic N) is 5. The molecule has 4 aliphatic heterocycles. The molecule has 3 saturated heterocycles. The first-order chi connectivity index (χ1) is 22.0. The molecule has 0 unspecified atom stereocenters. The first-order valence-electron chi connectivity index (χ1n) is 15.3. The van der Waals surface area contributed by atoms with Gasteiger partial charge in [0, 0.05) is 43.2 Å². The fourth-order valence-electron chi connectivity index (χ4n) is 8.17. The van der Waals surface area contributed by atoms with Gasteiger partial charge in [0.25, 0.3) is 0 Å². The number of fused-ring (bicyclic) bond motifs is 1. The molecule has 0 radical (unpaired) electrons. The molecule has 1 aliphatic carbocycles. The summed E-state index contributed by atoms with van der Waals surface area (Å²) in [5.74, 6) is -2.06. The lowest BCUT2D eigenvalue weighted by molar-refractivity contribution is -0.137. The Hall–Kier alpha value is -3.24. The molecule has 17 heteroatoms. The summed E-state index contributed by atoms with van der Waals surface area (Å²) in [7, 11) is -1.72. The van der Waals surface area contributed by atoms with Crippen LogP contribution in [0.25, 0.3) is 22.2 Å². The summed E-state index contributed by atoms with van der Waals surface area (Å²) >= 11 is 6.01. The molecule has 6 heterocycles. The van der Waals surface area contributed by atoms with Crippen LogP contribution in [0.2, 0.25) is 5.02 Å². The summed E-state index contributed by atoms with van der Waals surface area (Å²) < 4.78 is 112. The first-order valence-corrected chi connectivity index (χ1v) is 17.5. The molecule has 2 N–H and O–H groups in total. The molecule has 47 heavy (non-hydrogen) atoms.